The van der Waals surface area contributed by atoms with E-state index in [1.165, 1.54) is 0 Å². The van der Waals surface area contributed by atoms with Crippen LogP contribution in [0.25, 0.3) is 0 Å². The second kappa shape index (κ2) is 6.07. The minimum Gasteiger partial charge on any atom is -0.490 e. The lowest BCUT2D eigenvalue weighted by Gasteiger charge is -2.13. The Morgan fingerprint density at radius 2 is 1.82 bits per heavy atom. The molecule has 0 aliphatic heterocycles. The summed E-state index contributed by atoms with van der Waals surface area (Å²) in [6.07, 6.45) is -3.80. The standard InChI is InChI=1S/C13H7BrF5NO2/c1-21-12-8(3-2-7(15)11(12)16)22-9-5-20-10(4-6(9)14)13(17,18)19/h2-5H,1H3. The predicted octanol–water partition coefficient (Wildman–Crippen LogP) is 4.94. The molecule has 0 saturated heterocycles. The van der Waals surface area contributed by atoms with E-state index in [1.54, 1.807) is 0 Å². The van der Waals surface area contributed by atoms with Gasteiger partial charge in [-0.15, -0.1) is 0 Å². The van der Waals surface area contributed by atoms with E-state index < -0.39 is 29.3 Å². The van der Waals surface area contributed by atoms with Gasteiger partial charge < -0.3 is 9.47 Å². The zero-order valence-electron chi connectivity index (χ0n) is 10.8. The van der Waals surface area contributed by atoms with Gasteiger partial charge in [-0.05, 0) is 34.1 Å². The van der Waals surface area contributed by atoms with Gasteiger partial charge in [0.25, 0.3) is 0 Å². The van der Waals surface area contributed by atoms with Crippen LogP contribution in [-0.2, 0) is 6.18 Å². The zero-order chi connectivity index (χ0) is 16.5. The fourth-order valence-corrected chi connectivity index (χ4v) is 1.95. The van der Waals surface area contributed by atoms with Gasteiger partial charge in [0.2, 0.25) is 11.6 Å². The molecule has 0 fully saturated rings. The van der Waals surface area contributed by atoms with E-state index in [4.69, 9.17) is 9.47 Å². The van der Waals surface area contributed by atoms with Crippen LogP contribution in [0.2, 0.25) is 0 Å². The van der Waals surface area contributed by atoms with Gasteiger partial charge >= 0.3 is 6.18 Å². The quantitative estimate of drug-likeness (QED) is 0.703. The first-order chi connectivity index (χ1) is 10.2. The van der Waals surface area contributed by atoms with Crippen molar-refractivity contribution in [3.63, 3.8) is 0 Å². The highest BCUT2D eigenvalue weighted by atomic mass is 79.9. The number of rotatable bonds is 3. The van der Waals surface area contributed by atoms with Crippen LogP contribution in [0.15, 0.2) is 28.9 Å². The van der Waals surface area contributed by atoms with Crippen LogP contribution in [0.5, 0.6) is 17.2 Å². The van der Waals surface area contributed by atoms with Crippen molar-refractivity contribution in [1.29, 1.82) is 0 Å². The van der Waals surface area contributed by atoms with Gasteiger partial charge in [0.1, 0.15) is 5.69 Å². The van der Waals surface area contributed by atoms with Crippen molar-refractivity contribution in [2.45, 2.75) is 6.18 Å². The molecule has 9 heteroatoms. The van der Waals surface area contributed by atoms with Crippen LogP contribution in [-0.4, -0.2) is 12.1 Å². The number of methoxy groups -OCH3 is 1. The third-order valence-electron chi connectivity index (χ3n) is 2.55. The molecular formula is C13H7BrF5NO2. The molecule has 1 aromatic carbocycles. The SMILES string of the molecule is COc1c(Oc2cnc(C(F)(F)F)cc2Br)ccc(F)c1F. The highest BCUT2D eigenvalue weighted by molar-refractivity contribution is 9.10. The van der Waals surface area contributed by atoms with Gasteiger partial charge in [-0.1, -0.05) is 0 Å². The maximum Gasteiger partial charge on any atom is 0.433 e. The molecule has 118 valence electrons. The summed E-state index contributed by atoms with van der Waals surface area (Å²) in [6.45, 7) is 0. The number of ether oxygens (including phenoxy) is 2. The second-order valence-corrected chi connectivity index (χ2v) is 4.85. The topological polar surface area (TPSA) is 31.4 Å². The summed E-state index contributed by atoms with van der Waals surface area (Å²) in [4.78, 5) is 3.21. The Morgan fingerprint density at radius 3 is 2.36 bits per heavy atom. The Balaban J connectivity index is 2.38. The smallest absolute Gasteiger partial charge is 0.433 e. The third-order valence-corrected chi connectivity index (χ3v) is 3.17. The fourth-order valence-electron chi connectivity index (χ4n) is 1.55. The first-order valence-electron chi connectivity index (χ1n) is 5.66. The van der Waals surface area contributed by atoms with Crippen molar-refractivity contribution in [1.82, 2.24) is 4.98 Å². The molecule has 0 N–H and O–H groups in total. The van der Waals surface area contributed by atoms with Crippen LogP contribution >= 0.6 is 15.9 Å². The van der Waals surface area contributed by atoms with Crippen molar-refractivity contribution >= 4 is 15.9 Å². The first kappa shape index (κ1) is 16.5. The highest BCUT2D eigenvalue weighted by Crippen LogP contribution is 2.39. The van der Waals surface area contributed by atoms with Gasteiger partial charge in [-0.3, -0.25) is 0 Å². The molecule has 0 amide bonds. The van der Waals surface area contributed by atoms with Crippen molar-refractivity contribution < 1.29 is 31.4 Å². The number of halogens is 6. The molecule has 0 radical (unpaired) electrons. The summed E-state index contributed by atoms with van der Waals surface area (Å²) < 4.78 is 74.0. The Bertz CT molecular complexity index is 706. The highest BCUT2D eigenvalue weighted by Gasteiger charge is 2.33. The molecule has 2 aromatic rings. The minimum atomic E-state index is -4.61. The number of hydrogen-bond donors (Lipinski definition) is 0. The molecule has 0 atom stereocenters. The molecule has 0 saturated carbocycles. The number of aromatic nitrogens is 1. The van der Waals surface area contributed by atoms with Crippen molar-refractivity contribution in [2.24, 2.45) is 0 Å². The summed E-state index contributed by atoms with van der Waals surface area (Å²) in [5, 5.41) is 0. The lowest BCUT2D eigenvalue weighted by Crippen LogP contribution is -2.07. The minimum absolute atomic E-state index is 0.0541. The van der Waals surface area contributed by atoms with E-state index in [0.29, 0.717) is 6.07 Å². The molecule has 0 bridgehead atoms. The van der Waals surface area contributed by atoms with Crippen LogP contribution in [0.3, 0.4) is 0 Å². The Labute approximate surface area is 129 Å². The molecule has 1 aromatic heterocycles. The van der Waals surface area contributed by atoms with Gasteiger partial charge in [-0.2, -0.15) is 17.6 Å². The van der Waals surface area contributed by atoms with E-state index in [0.717, 1.165) is 25.4 Å². The molecule has 0 unspecified atom stereocenters. The van der Waals surface area contributed by atoms with E-state index in [2.05, 4.69) is 20.9 Å². The normalized spacial score (nSPS) is 11.4. The molecular weight excluding hydrogens is 377 g/mol. The zero-order valence-corrected chi connectivity index (χ0v) is 12.4. The average molecular weight is 384 g/mol. The molecule has 3 nitrogen and oxygen atoms in total. The predicted molar refractivity (Wildman–Crippen MR) is 69.9 cm³/mol. The van der Waals surface area contributed by atoms with E-state index in [1.807, 2.05) is 0 Å². The first-order valence-corrected chi connectivity index (χ1v) is 6.46. The van der Waals surface area contributed by atoms with E-state index in [9.17, 15) is 22.0 Å². The van der Waals surface area contributed by atoms with Crippen molar-refractivity contribution in [3.8, 4) is 17.2 Å². The van der Waals surface area contributed by atoms with Crippen LogP contribution in [0, 0.1) is 11.6 Å². The van der Waals surface area contributed by atoms with Gasteiger partial charge in [-0.25, -0.2) is 9.37 Å². The fraction of sp³-hybridized carbons (Fsp3) is 0.154. The van der Waals surface area contributed by atoms with Gasteiger partial charge in [0.15, 0.2) is 17.3 Å². The average Bonchev–Trinajstić information content (AvgIpc) is 2.44. The van der Waals surface area contributed by atoms with Gasteiger partial charge in [0, 0.05) is 0 Å². The number of hydrogen-bond acceptors (Lipinski definition) is 3. The summed E-state index contributed by atoms with van der Waals surface area (Å²) in [6, 6.07) is 2.60. The lowest BCUT2D eigenvalue weighted by atomic mass is 10.3. The molecule has 0 aliphatic rings. The van der Waals surface area contributed by atoms with Crippen LogP contribution < -0.4 is 9.47 Å². The monoisotopic (exact) mass is 383 g/mol. The molecule has 0 aliphatic carbocycles. The lowest BCUT2D eigenvalue weighted by molar-refractivity contribution is -0.141. The maximum absolute atomic E-state index is 13.5. The van der Waals surface area contributed by atoms with Crippen LogP contribution in [0.1, 0.15) is 5.69 Å². The molecule has 2 rings (SSSR count). The van der Waals surface area contributed by atoms with Crippen LogP contribution in [0.4, 0.5) is 22.0 Å². The second-order valence-electron chi connectivity index (χ2n) is 3.99. The molecule has 1 heterocycles. The van der Waals surface area contributed by atoms with Crippen molar-refractivity contribution in [2.75, 3.05) is 7.11 Å². The van der Waals surface area contributed by atoms with E-state index >= 15 is 0 Å². The number of benzene rings is 1. The molecule has 22 heavy (non-hydrogen) atoms. The number of pyridine rings is 1. The number of nitrogens with zero attached hydrogens (tertiary/aromatic N) is 1. The third kappa shape index (κ3) is 3.29. The van der Waals surface area contributed by atoms with Crippen molar-refractivity contribution in [3.05, 3.63) is 46.2 Å². The largest absolute Gasteiger partial charge is 0.490 e. The molecule has 0 spiro atoms. The van der Waals surface area contributed by atoms with Gasteiger partial charge in [0.05, 0.1) is 17.8 Å². The summed E-state index contributed by atoms with van der Waals surface area (Å²) in [7, 11) is 1.10. The maximum atomic E-state index is 13.5. The van der Waals surface area contributed by atoms with E-state index in [-0.39, 0.29) is 16.0 Å². The Kier molecular flexibility index (Phi) is 4.55. The Morgan fingerprint density at radius 1 is 1.14 bits per heavy atom. The summed E-state index contributed by atoms with van der Waals surface area (Å²) >= 11 is 2.90. The summed E-state index contributed by atoms with van der Waals surface area (Å²) in [5.41, 5.74) is -1.12. The Hall–Kier alpha value is -1.90. The number of alkyl halides is 3. The summed E-state index contributed by atoms with van der Waals surface area (Å²) in [5.74, 6) is -3.24.